The summed E-state index contributed by atoms with van der Waals surface area (Å²) in [4.78, 5) is 15.0. The molecule has 0 unspecified atom stereocenters. The van der Waals surface area contributed by atoms with Gasteiger partial charge in [-0.1, -0.05) is 12.8 Å². The Morgan fingerprint density at radius 2 is 1.82 bits per heavy atom. The number of nitrogens with one attached hydrogen (secondary N) is 1. The van der Waals surface area contributed by atoms with E-state index in [1.165, 1.54) is 12.8 Å². The van der Waals surface area contributed by atoms with Crippen LogP contribution in [0.2, 0.25) is 0 Å². The molecule has 2 aromatic rings. The average Bonchev–Trinajstić information content (AvgIpc) is 3.40. The quantitative estimate of drug-likeness (QED) is 0.706. The second-order valence-corrected chi connectivity index (χ2v) is 6.88. The maximum absolute atomic E-state index is 12.8. The molecule has 0 aliphatic heterocycles. The van der Waals surface area contributed by atoms with Gasteiger partial charge in [0.1, 0.15) is 5.76 Å². The van der Waals surface area contributed by atoms with Crippen molar-refractivity contribution in [1.82, 2.24) is 4.90 Å². The minimum absolute atomic E-state index is 0.0901. The van der Waals surface area contributed by atoms with Crippen molar-refractivity contribution < 1.29 is 23.4 Å². The van der Waals surface area contributed by atoms with Crippen LogP contribution in [0, 0.1) is 0 Å². The van der Waals surface area contributed by atoms with E-state index in [2.05, 4.69) is 10.2 Å². The Kier molecular flexibility index (Phi) is 6.81. The number of furan rings is 1. The normalized spacial score (nSPS) is 14.3. The summed E-state index contributed by atoms with van der Waals surface area (Å²) in [5, 5.41) is 2.95. The number of benzene rings is 1. The van der Waals surface area contributed by atoms with Gasteiger partial charge in [-0.3, -0.25) is 9.69 Å². The minimum atomic E-state index is -0.0901. The first-order valence-electron chi connectivity index (χ1n) is 9.51. The average molecular weight is 388 g/mol. The minimum Gasteiger partial charge on any atom is -0.493 e. The highest BCUT2D eigenvalue weighted by atomic mass is 16.5. The molecular formula is C21H28N2O5. The van der Waals surface area contributed by atoms with Crippen molar-refractivity contribution in [2.24, 2.45) is 0 Å². The van der Waals surface area contributed by atoms with Crippen LogP contribution in [0.4, 0.5) is 5.69 Å². The van der Waals surface area contributed by atoms with Gasteiger partial charge in [-0.2, -0.15) is 0 Å². The smallest absolute Gasteiger partial charge is 0.238 e. The van der Waals surface area contributed by atoms with Crippen molar-refractivity contribution >= 4 is 11.6 Å². The Morgan fingerprint density at radius 1 is 1.14 bits per heavy atom. The molecule has 1 aromatic heterocycles. The summed E-state index contributed by atoms with van der Waals surface area (Å²) in [5.41, 5.74) is 0.601. The van der Waals surface area contributed by atoms with Gasteiger partial charge in [0, 0.05) is 23.9 Å². The molecule has 1 saturated carbocycles. The Balaban J connectivity index is 1.71. The van der Waals surface area contributed by atoms with Crippen molar-refractivity contribution in [3.05, 3.63) is 36.3 Å². The number of hydrogen-bond donors (Lipinski definition) is 1. The lowest BCUT2D eigenvalue weighted by Crippen LogP contribution is -2.39. The van der Waals surface area contributed by atoms with Crippen LogP contribution in [-0.2, 0) is 11.3 Å². The maximum atomic E-state index is 12.8. The largest absolute Gasteiger partial charge is 0.493 e. The van der Waals surface area contributed by atoms with E-state index in [1.54, 1.807) is 39.7 Å². The number of hydrogen-bond acceptors (Lipinski definition) is 6. The maximum Gasteiger partial charge on any atom is 0.238 e. The molecule has 0 radical (unpaired) electrons. The zero-order chi connectivity index (χ0) is 19.9. The number of methoxy groups -OCH3 is 3. The van der Waals surface area contributed by atoms with Crippen molar-refractivity contribution in [3.8, 4) is 17.2 Å². The number of amides is 1. The molecule has 1 fully saturated rings. The molecule has 1 aliphatic carbocycles. The van der Waals surface area contributed by atoms with Crippen LogP contribution >= 0.6 is 0 Å². The number of nitrogens with zero attached hydrogens (tertiary/aromatic N) is 1. The van der Waals surface area contributed by atoms with Crippen LogP contribution in [0.5, 0.6) is 17.2 Å². The molecule has 152 valence electrons. The third-order valence-corrected chi connectivity index (χ3v) is 5.08. The summed E-state index contributed by atoms with van der Waals surface area (Å²) in [6.45, 7) is 0.919. The Morgan fingerprint density at radius 3 is 2.36 bits per heavy atom. The van der Waals surface area contributed by atoms with Crippen LogP contribution in [0.15, 0.2) is 34.9 Å². The van der Waals surface area contributed by atoms with E-state index in [0.717, 1.165) is 18.6 Å². The first kappa shape index (κ1) is 20.1. The van der Waals surface area contributed by atoms with Crippen molar-refractivity contribution in [1.29, 1.82) is 0 Å². The SMILES string of the molecule is COc1cc(NC(=O)CN(Cc2ccco2)C2CCCC2)cc(OC)c1OC. The van der Waals surface area contributed by atoms with Gasteiger partial charge in [0.25, 0.3) is 0 Å². The number of ether oxygens (including phenoxy) is 3. The van der Waals surface area contributed by atoms with Crippen LogP contribution in [0.25, 0.3) is 0 Å². The van der Waals surface area contributed by atoms with Crippen LogP contribution in [-0.4, -0.2) is 44.7 Å². The molecule has 1 N–H and O–H groups in total. The summed E-state index contributed by atoms with van der Waals surface area (Å²) in [7, 11) is 4.65. The van der Waals surface area contributed by atoms with E-state index in [9.17, 15) is 4.79 Å². The highest BCUT2D eigenvalue weighted by Crippen LogP contribution is 2.40. The van der Waals surface area contributed by atoms with Gasteiger partial charge in [-0.15, -0.1) is 0 Å². The molecule has 0 bridgehead atoms. The van der Waals surface area contributed by atoms with Gasteiger partial charge < -0.3 is 23.9 Å². The highest BCUT2D eigenvalue weighted by Gasteiger charge is 2.25. The summed E-state index contributed by atoms with van der Waals surface area (Å²) in [6.07, 6.45) is 6.29. The zero-order valence-corrected chi connectivity index (χ0v) is 16.7. The molecule has 1 aromatic carbocycles. The first-order valence-corrected chi connectivity index (χ1v) is 9.51. The lowest BCUT2D eigenvalue weighted by Gasteiger charge is -2.27. The molecule has 1 amide bonds. The van der Waals surface area contributed by atoms with Gasteiger partial charge in [0.2, 0.25) is 11.7 Å². The van der Waals surface area contributed by atoms with E-state index in [4.69, 9.17) is 18.6 Å². The molecule has 7 heteroatoms. The lowest BCUT2D eigenvalue weighted by molar-refractivity contribution is -0.118. The second kappa shape index (κ2) is 9.50. The fourth-order valence-electron chi connectivity index (χ4n) is 3.72. The molecule has 1 heterocycles. The highest BCUT2D eigenvalue weighted by molar-refractivity contribution is 5.93. The van der Waals surface area contributed by atoms with Crippen LogP contribution in [0.3, 0.4) is 0 Å². The van der Waals surface area contributed by atoms with Gasteiger partial charge in [0.05, 0.1) is 40.7 Å². The van der Waals surface area contributed by atoms with E-state index in [0.29, 0.717) is 42.1 Å². The van der Waals surface area contributed by atoms with Gasteiger partial charge in [-0.25, -0.2) is 0 Å². The van der Waals surface area contributed by atoms with E-state index >= 15 is 0 Å². The summed E-state index contributed by atoms with van der Waals surface area (Å²) >= 11 is 0. The van der Waals surface area contributed by atoms with Gasteiger partial charge >= 0.3 is 0 Å². The molecule has 0 spiro atoms. The molecule has 3 rings (SSSR count). The Labute approximate surface area is 165 Å². The van der Waals surface area contributed by atoms with Crippen LogP contribution < -0.4 is 19.5 Å². The van der Waals surface area contributed by atoms with Crippen LogP contribution in [0.1, 0.15) is 31.4 Å². The zero-order valence-electron chi connectivity index (χ0n) is 16.7. The molecule has 0 saturated heterocycles. The number of rotatable bonds is 9. The summed E-state index contributed by atoms with van der Waals surface area (Å²) in [5.74, 6) is 2.27. The first-order chi connectivity index (χ1) is 13.6. The van der Waals surface area contributed by atoms with Gasteiger partial charge in [-0.05, 0) is 25.0 Å². The Bertz CT molecular complexity index is 744. The van der Waals surface area contributed by atoms with E-state index in [1.807, 2.05) is 12.1 Å². The third kappa shape index (κ3) is 4.78. The predicted molar refractivity (Wildman–Crippen MR) is 106 cm³/mol. The van der Waals surface area contributed by atoms with Crippen molar-refractivity contribution in [3.63, 3.8) is 0 Å². The van der Waals surface area contributed by atoms with Gasteiger partial charge in [0.15, 0.2) is 11.5 Å². The molecule has 1 aliphatic rings. The molecule has 28 heavy (non-hydrogen) atoms. The van der Waals surface area contributed by atoms with Crippen molar-refractivity contribution in [2.75, 3.05) is 33.2 Å². The molecule has 7 nitrogen and oxygen atoms in total. The summed E-state index contributed by atoms with van der Waals surface area (Å²) in [6, 6.07) is 7.67. The number of carbonyl (C=O) groups is 1. The molecule has 0 atom stereocenters. The standard InChI is InChI=1S/C21H28N2O5/c1-25-18-11-15(12-19(26-2)21(18)27-3)22-20(24)14-23(16-7-4-5-8-16)13-17-9-6-10-28-17/h6,9-12,16H,4-5,7-8,13-14H2,1-3H3,(H,22,24). The topological polar surface area (TPSA) is 73.2 Å². The van der Waals surface area contributed by atoms with E-state index < -0.39 is 0 Å². The summed E-state index contributed by atoms with van der Waals surface area (Å²) < 4.78 is 21.5. The number of carbonyl (C=O) groups excluding carboxylic acids is 1. The fourth-order valence-corrected chi connectivity index (χ4v) is 3.72. The lowest BCUT2D eigenvalue weighted by atomic mass is 10.2. The fraction of sp³-hybridized carbons (Fsp3) is 0.476. The monoisotopic (exact) mass is 388 g/mol. The predicted octanol–water partition coefficient (Wildman–Crippen LogP) is 3.69. The van der Waals surface area contributed by atoms with Crippen molar-refractivity contribution in [2.45, 2.75) is 38.3 Å². The third-order valence-electron chi connectivity index (χ3n) is 5.08. The molecular weight excluding hydrogens is 360 g/mol. The Hall–Kier alpha value is -2.67. The van der Waals surface area contributed by atoms with E-state index in [-0.39, 0.29) is 5.91 Å². The number of anilines is 1. The second-order valence-electron chi connectivity index (χ2n) is 6.88.